The Labute approximate surface area is 119 Å². The number of aryl methyl sites for hydroxylation is 1. The topological polar surface area (TPSA) is 34.1 Å². The van der Waals surface area contributed by atoms with Gasteiger partial charge in [0.15, 0.2) is 0 Å². The van der Waals surface area contributed by atoms with Gasteiger partial charge in [-0.05, 0) is 40.0 Å². The van der Waals surface area contributed by atoms with E-state index in [0.29, 0.717) is 23.7 Å². The lowest BCUT2D eigenvalue weighted by atomic mass is 10.1. The Bertz CT molecular complexity index is 590. The van der Waals surface area contributed by atoms with Crippen molar-refractivity contribution < 1.29 is 9.13 Å². The van der Waals surface area contributed by atoms with Crippen LogP contribution in [0.2, 0.25) is 0 Å². The molecule has 0 bridgehead atoms. The van der Waals surface area contributed by atoms with Gasteiger partial charge >= 0.3 is 0 Å². The molecular weight excluding hydrogens is 311 g/mol. The maximum absolute atomic E-state index is 13.2. The monoisotopic (exact) mass is 324 g/mol. The molecule has 5 heteroatoms. The molecule has 0 aliphatic rings. The lowest BCUT2D eigenvalue weighted by molar-refractivity contribution is 0.412. The van der Waals surface area contributed by atoms with Gasteiger partial charge in [0.1, 0.15) is 17.4 Å². The first kappa shape index (κ1) is 13.8. The zero-order valence-corrected chi connectivity index (χ0v) is 12.3. The average Bonchev–Trinajstić information content (AvgIpc) is 2.41. The highest BCUT2D eigenvalue weighted by atomic mass is 79.9. The number of benzene rings is 1. The van der Waals surface area contributed by atoms with Gasteiger partial charge in [0.2, 0.25) is 0 Å². The normalized spacial score (nSPS) is 10.3. The van der Waals surface area contributed by atoms with Crippen LogP contribution in [0.3, 0.4) is 0 Å². The van der Waals surface area contributed by atoms with E-state index in [9.17, 15) is 4.39 Å². The summed E-state index contributed by atoms with van der Waals surface area (Å²) in [4.78, 5) is 4.23. The van der Waals surface area contributed by atoms with Crippen molar-refractivity contribution in [2.45, 2.75) is 13.5 Å². The van der Waals surface area contributed by atoms with E-state index in [1.165, 1.54) is 6.07 Å². The highest BCUT2D eigenvalue weighted by molar-refractivity contribution is 9.10. The second-order valence-electron chi connectivity index (χ2n) is 4.14. The number of methoxy groups -OCH3 is 1. The van der Waals surface area contributed by atoms with Crippen LogP contribution < -0.4 is 10.1 Å². The van der Waals surface area contributed by atoms with Crippen molar-refractivity contribution in [3.63, 3.8) is 0 Å². The lowest BCUT2D eigenvalue weighted by Crippen LogP contribution is -2.02. The number of hydrogen-bond acceptors (Lipinski definition) is 3. The van der Waals surface area contributed by atoms with Gasteiger partial charge in [-0.1, -0.05) is 12.1 Å². The van der Waals surface area contributed by atoms with Gasteiger partial charge in [-0.15, -0.1) is 0 Å². The third kappa shape index (κ3) is 3.44. The maximum atomic E-state index is 13.2. The number of hydrogen-bond donors (Lipinski definition) is 1. The third-order valence-electron chi connectivity index (χ3n) is 2.74. The molecule has 19 heavy (non-hydrogen) atoms. The first-order valence-corrected chi connectivity index (χ1v) is 6.58. The Kier molecular flexibility index (Phi) is 4.37. The predicted molar refractivity (Wildman–Crippen MR) is 77.0 cm³/mol. The Balaban J connectivity index is 2.07. The molecule has 1 N–H and O–H groups in total. The van der Waals surface area contributed by atoms with Gasteiger partial charge in [0.05, 0.1) is 11.6 Å². The number of pyridine rings is 1. The van der Waals surface area contributed by atoms with Crippen LogP contribution in [0.1, 0.15) is 11.1 Å². The molecule has 0 spiro atoms. The average molecular weight is 325 g/mol. The van der Waals surface area contributed by atoms with Gasteiger partial charge < -0.3 is 10.1 Å². The number of ether oxygens (including phenoxy) is 1. The molecule has 0 saturated heterocycles. The van der Waals surface area contributed by atoms with E-state index < -0.39 is 0 Å². The largest absolute Gasteiger partial charge is 0.495 e. The van der Waals surface area contributed by atoms with Gasteiger partial charge in [0.25, 0.3) is 0 Å². The molecule has 1 aromatic heterocycles. The number of halogens is 2. The molecule has 1 heterocycles. The molecule has 2 rings (SSSR count). The second kappa shape index (κ2) is 6.02. The summed E-state index contributed by atoms with van der Waals surface area (Å²) in [6, 6.07) is 6.85. The van der Waals surface area contributed by atoms with Crippen molar-refractivity contribution in [3.8, 4) is 5.75 Å². The van der Waals surface area contributed by atoms with Crippen molar-refractivity contribution >= 4 is 21.7 Å². The second-order valence-corrected chi connectivity index (χ2v) is 5.00. The van der Waals surface area contributed by atoms with Crippen LogP contribution in [0.15, 0.2) is 34.9 Å². The summed E-state index contributed by atoms with van der Waals surface area (Å²) in [5.74, 6) is 1.24. The zero-order chi connectivity index (χ0) is 13.8. The Morgan fingerprint density at radius 1 is 1.37 bits per heavy atom. The fourth-order valence-electron chi connectivity index (χ4n) is 1.68. The standard InChI is InChI=1S/C14H14BrFN2O/c1-9-5-10(3-4-12(9)16)7-17-14-6-13(19-2)11(15)8-18-14/h3-6,8H,7H2,1-2H3,(H,17,18). The highest BCUT2D eigenvalue weighted by Crippen LogP contribution is 2.26. The van der Waals surface area contributed by atoms with Crippen molar-refractivity contribution in [1.29, 1.82) is 0 Å². The van der Waals surface area contributed by atoms with Crippen LogP contribution in [0.5, 0.6) is 5.75 Å². The molecule has 1 aromatic carbocycles. The number of anilines is 1. The van der Waals surface area contributed by atoms with E-state index in [0.717, 1.165) is 10.0 Å². The minimum absolute atomic E-state index is 0.188. The molecule has 3 nitrogen and oxygen atoms in total. The van der Waals surface area contributed by atoms with E-state index >= 15 is 0 Å². The van der Waals surface area contributed by atoms with Crippen molar-refractivity contribution in [3.05, 3.63) is 51.9 Å². The van der Waals surface area contributed by atoms with E-state index in [4.69, 9.17) is 4.74 Å². The summed E-state index contributed by atoms with van der Waals surface area (Å²) in [5, 5.41) is 3.18. The molecule has 100 valence electrons. The molecule has 2 aromatic rings. The van der Waals surface area contributed by atoms with Gasteiger partial charge in [0, 0.05) is 18.8 Å². The molecule has 0 fully saturated rings. The lowest BCUT2D eigenvalue weighted by Gasteiger charge is -2.09. The predicted octanol–water partition coefficient (Wildman–Crippen LogP) is 3.91. The molecule has 0 aliphatic carbocycles. The zero-order valence-electron chi connectivity index (χ0n) is 10.7. The summed E-state index contributed by atoms with van der Waals surface area (Å²) < 4.78 is 19.2. The van der Waals surface area contributed by atoms with Crippen LogP contribution in [0.4, 0.5) is 10.2 Å². The summed E-state index contributed by atoms with van der Waals surface area (Å²) >= 11 is 3.35. The minimum Gasteiger partial charge on any atom is -0.495 e. The molecule has 0 unspecified atom stereocenters. The van der Waals surface area contributed by atoms with Crippen molar-refractivity contribution in [1.82, 2.24) is 4.98 Å². The van der Waals surface area contributed by atoms with E-state index in [-0.39, 0.29) is 5.82 Å². The summed E-state index contributed by atoms with van der Waals surface area (Å²) in [7, 11) is 1.60. The third-order valence-corrected chi connectivity index (χ3v) is 3.33. The SMILES string of the molecule is COc1cc(NCc2ccc(F)c(C)c2)ncc1Br. The first-order chi connectivity index (χ1) is 9.10. The Morgan fingerprint density at radius 2 is 2.16 bits per heavy atom. The molecule has 0 radical (unpaired) electrons. The van der Waals surface area contributed by atoms with Crippen LogP contribution in [-0.4, -0.2) is 12.1 Å². The number of aromatic nitrogens is 1. The maximum Gasteiger partial charge on any atom is 0.138 e. The summed E-state index contributed by atoms with van der Waals surface area (Å²) in [5.41, 5.74) is 1.64. The molecule has 0 aliphatic heterocycles. The van der Waals surface area contributed by atoms with E-state index in [1.807, 2.05) is 6.07 Å². The fourth-order valence-corrected chi connectivity index (χ4v) is 2.06. The smallest absolute Gasteiger partial charge is 0.138 e. The molecular formula is C14H14BrFN2O. The van der Waals surface area contributed by atoms with Crippen LogP contribution >= 0.6 is 15.9 Å². The summed E-state index contributed by atoms with van der Waals surface area (Å²) in [6.45, 7) is 2.33. The van der Waals surface area contributed by atoms with Crippen molar-refractivity contribution in [2.24, 2.45) is 0 Å². The number of nitrogens with zero attached hydrogens (tertiary/aromatic N) is 1. The number of nitrogens with one attached hydrogen (secondary N) is 1. The van der Waals surface area contributed by atoms with E-state index in [2.05, 4.69) is 26.2 Å². The van der Waals surface area contributed by atoms with Crippen LogP contribution in [0.25, 0.3) is 0 Å². The van der Waals surface area contributed by atoms with Crippen LogP contribution in [0, 0.1) is 12.7 Å². The van der Waals surface area contributed by atoms with Gasteiger partial charge in [-0.2, -0.15) is 0 Å². The minimum atomic E-state index is -0.188. The number of rotatable bonds is 4. The van der Waals surface area contributed by atoms with E-state index in [1.54, 1.807) is 32.4 Å². The molecule has 0 amide bonds. The van der Waals surface area contributed by atoms with Gasteiger partial charge in [-0.25, -0.2) is 9.37 Å². The summed E-state index contributed by atoms with van der Waals surface area (Å²) in [6.07, 6.45) is 1.68. The quantitative estimate of drug-likeness (QED) is 0.925. The first-order valence-electron chi connectivity index (χ1n) is 5.78. The van der Waals surface area contributed by atoms with Gasteiger partial charge in [-0.3, -0.25) is 0 Å². The highest BCUT2D eigenvalue weighted by Gasteiger charge is 2.04. The van der Waals surface area contributed by atoms with Crippen molar-refractivity contribution in [2.75, 3.05) is 12.4 Å². The fraction of sp³-hybridized carbons (Fsp3) is 0.214. The molecule has 0 atom stereocenters. The Morgan fingerprint density at radius 3 is 2.84 bits per heavy atom. The van der Waals surface area contributed by atoms with Crippen LogP contribution in [-0.2, 0) is 6.54 Å². The molecule has 0 saturated carbocycles. The Hall–Kier alpha value is -1.62.